The highest BCUT2D eigenvalue weighted by molar-refractivity contribution is 5.84. The highest BCUT2D eigenvalue weighted by Crippen LogP contribution is 2.39. The summed E-state index contributed by atoms with van der Waals surface area (Å²) in [5, 5.41) is 12.3. The number of ether oxygens (including phenoxy) is 3. The number of carbonyl (C=O) groups excluding carboxylic acids is 2. The molecule has 1 aliphatic heterocycles. The third kappa shape index (κ3) is 8.30. The minimum Gasteiger partial charge on any atom is -0.436 e. The van der Waals surface area contributed by atoms with Gasteiger partial charge in [0.2, 0.25) is 0 Å². The number of nitrogens with zero attached hydrogens (tertiary/aromatic N) is 2. The molecule has 2 amide bonds. The van der Waals surface area contributed by atoms with Crippen molar-refractivity contribution in [2.45, 2.75) is 64.7 Å². The van der Waals surface area contributed by atoms with Crippen LogP contribution in [-0.4, -0.2) is 62.0 Å². The smallest absolute Gasteiger partial charge is 0.410 e. The quantitative estimate of drug-likeness (QED) is 0.590. The van der Waals surface area contributed by atoms with Gasteiger partial charge in [-0.2, -0.15) is 5.26 Å². The first kappa shape index (κ1) is 26.0. The maximum atomic E-state index is 13.1. The molecule has 1 saturated heterocycles. The maximum Gasteiger partial charge on any atom is 0.410 e. The van der Waals surface area contributed by atoms with E-state index in [1.807, 2.05) is 30.3 Å². The van der Waals surface area contributed by atoms with Crippen molar-refractivity contribution in [2.75, 3.05) is 32.9 Å². The summed E-state index contributed by atoms with van der Waals surface area (Å²) in [4.78, 5) is 27.4. The summed E-state index contributed by atoms with van der Waals surface area (Å²) >= 11 is 0. The number of nitriles is 1. The number of nitrogens with one attached hydrogen (secondary N) is 1. The molecule has 0 bridgehead atoms. The van der Waals surface area contributed by atoms with E-state index in [2.05, 4.69) is 25.2 Å². The Morgan fingerprint density at radius 2 is 1.88 bits per heavy atom. The second-order valence-corrected chi connectivity index (χ2v) is 10.0. The lowest BCUT2D eigenvalue weighted by atomic mass is 9.72. The van der Waals surface area contributed by atoms with Gasteiger partial charge in [0, 0.05) is 13.1 Å². The molecule has 1 aliphatic carbocycles. The summed E-state index contributed by atoms with van der Waals surface area (Å²) in [5.74, 6) is -0.141. The van der Waals surface area contributed by atoms with Gasteiger partial charge in [0.15, 0.2) is 6.10 Å². The Labute approximate surface area is 202 Å². The molecule has 2 atom stereocenters. The average Bonchev–Trinajstić information content (AvgIpc) is 2.85. The largest absolute Gasteiger partial charge is 0.436 e. The summed E-state index contributed by atoms with van der Waals surface area (Å²) < 4.78 is 16.6. The zero-order valence-corrected chi connectivity index (χ0v) is 20.3. The van der Waals surface area contributed by atoms with Crippen LogP contribution < -0.4 is 5.32 Å². The first-order valence-corrected chi connectivity index (χ1v) is 12.2. The Balaban J connectivity index is 1.57. The van der Waals surface area contributed by atoms with E-state index < -0.39 is 24.1 Å². The fourth-order valence-electron chi connectivity index (χ4n) is 4.39. The number of hydrogen-bond donors (Lipinski definition) is 1. The van der Waals surface area contributed by atoms with Gasteiger partial charge in [0.1, 0.15) is 6.04 Å². The molecule has 8 heteroatoms. The van der Waals surface area contributed by atoms with E-state index in [9.17, 15) is 14.9 Å². The lowest BCUT2D eigenvalue weighted by Gasteiger charge is -2.36. The second-order valence-electron chi connectivity index (χ2n) is 10.0. The van der Waals surface area contributed by atoms with Gasteiger partial charge in [-0.15, -0.1) is 0 Å². The first-order valence-electron chi connectivity index (χ1n) is 12.2. The fraction of sp³-hybridized carbons (Fsp3) is 0.654. The Kier molecular flexibility index (Phi) is 9.73. The van der Waals surface area contributed by atoms with E-state index in [4.69, 9.17) is 14.2 Å². The van der Waals surface area contributed by atoms with E-state index in [0.717, 1.165) is 31.2 Å². The number of rotatable bonds is 9. The zero-order chi connectivity index (χ0) is 24.4. The molecule has 186 valence electrons. The van der Waals surface area contributed by atoms with Crippen molar-refractivity contribution in [3.05, 3.63) is 35.9 Å². The molecule has 34 heavy (non-hydrogen) atoms. The van der Waals surface area contributed by atoms with Crippen LogP contribution in [0.15, 0.2) is 30.3 Å². The summed E-state index contributed by atoms with van der Waals surface area (Å²) in [5.41, 5.74) is 1.30. The number of hydrogen-bond acceptors (Lipinski definition) is 6. The first-order chi connectivity index (χ1) is 16.4. The van der Waals surface area contributed by atoms with Crippen molar-refractivity contribution >= 4 is 12.0 Å². The summed E-state index contributed by atoms with van der Waals surface area (Å²) in [7, 11) is 0. The highest BCUT2D eigenvalue weighted by Gasteiger charge is 2.34. The molecule has 1 saturated carbocycles. The molecular formula is C26H37N3O5. The molecule has 3 rings (SSSR count). The van der Waals surface area contributed by atoms with Crippen LogP contribution in [0.4, 0.5) is 4.79 Å². The monoisotopic (exact) mass is 471 g/mol. The van der Waals surface area contributed by atoms with Gasteiger partial charge in [-0.3, -0.25) is 4.79 Å². The maximum absolute atomic E-state index is 13.1. The van der Waals surface area contributed by atoms with Crippen molar-refractivity contribution in [2.24, 2.45) is 11.3 Å². The molecule has 0 radical (unpaired) electrons. The van der Waals surface area contributed by atoms with Gasteiger partial charge < -0.3 is 24.4 Å². The summed E-state index contributed by atoms with van der Waals surface area (Å²) in [6.07, 6.45) is 3.16. The molecule has 0 spiro atoms. The molecule has 2 fully saturated rings. The van der Waals surface area contributed by atoms with Crippen molar-refractivity contribution in [1.29, 1.82) is 5.26 Å². The van der Waals surface area contributed by atoms with Crippen LogP contribution in [0.2, 0.25) is 0 Å². The molecule has 1 heterocycles. The predicted molar refractivity (Wildman–Crippen MR) is 127 cm³/mol. The van der Waals surface area contributed by atoms with Crippen LogP contribution in [0.3, 0.4) is 0 Å². The average molecular weight is 472 g/mol. The Morgan fingerprint density at radius 3 is 2.53 bits per heavy atom. The van der Waals surface area contributed by atoms with Crippen molar-refractivity contribution in [3.63, 3.8) is 0 Å². The van der Waals surface area contributed by atoms with Gasteiger partial charge >= 0.3 is 6.09 Å². The summed E-state index contributed by atoms with van der Waals surface area (Å²) in [6.45, 7) is 6.73. The van der Waals surface area contributed by atoms with Crippen molar-refractivity contribution in [1.82, 2.24) is 10.2 Å². The lowest BCUT2D eigenvalue weighted by Crippen LogP contribution is -2.48. The molecule has 1 aromatic carbocycles. The standard InChI is InChI=1S/C26H37N3O5/c1-26(2)10-8-20(9-11-26)16-23(34-25(31)29-12-14-32-15-13-29)24(30)28-22(17-27)19-33-18-21-6-4-3-5-7-21/h3-7,20,22-23H,8-16,18-19H2,1-2H3,(H,28,30). The molecule has 8 nitrogen and oxygen atoms in total. The van der Waals surface area contributed by atoms with E-state index in [-0.39, 0.29) is 6.61 Å². The van der Waals surface area contributed by atoms with Gasteiger partial charge in [-0.1, -0.05) is 44.2 Å². The van der Waals surface area contributed by atoms with Crippen molar-refractivity contribution in [3.8, 4) is 6.07 Å². The van der Waals surface area contributed by atoms with E-state index in [1.165, 1.54) is 0 Å². The van der Waals surface area contributed by atoms with Gasteiger partial charge in [-0.05, 0) is 49.0 Å². The van der Waals surface area contributed by atoms with Gasteiger partial charge in [0.05, 0.1) is 32.5 Å². The molecule has 2 unspecified atom stereocenters. The Morgan fingerprint density at radius 1 is 1.21 bits per heavy atom. The number of carbonyl (C=O) groups is 2. The van der Waals surface area contributed by atoms with Crippen LogP contribution in [0.1, 0.15) is 51.5 Å². The van der Waals surface area contributed by atoms with Gasteiger partial charge in [-0.25, -0.2) is 4.79 Å². The SMILES string of the molecule is CC1(C)CCC(CC(OC(=O)N2CCOCC2)C(=O)NC(C#N)COCc2ccccc2)CC1. The highest BCUT2D eigenvalue weighted by atomic mass is 16.6. The van der Waals surface area contributed by atoms with Gasteiger partial charge in [0.25, 0.3) is 5.91 Å². The molecule has 1 N–H and O–H groups in total. The van der Waals surface area contributed by atoms with Crippen LogP contribution in [0, 0.1) is 22.7 Å². The van der Waals surface area contributed by atoms with Crippen LogP contribution in [-0.2, 0) is 25.6 Å². The number of morpholine rings is 1. The number of benzene rings is 1. The molecule has 2 aliphatic rings. The topological polar surface area (TPSA) is 101 Å². The number of amides is 2. The van der Waals surface area contributed by atoms with Crippen molar-refractivity contribution < 1.29 is 23.8 Å². The molecular weight excluding hydrogens is 434 g/mol. The van der Waals surface area contributed by atoms with Crippen LogP contribution in [0.5, 0.6) is 0 Å². The van der Waals surface area contributed by atoms with Crippen LogP contribution in [0.25, 0.3) is 0 Å². The molecule has 1 aromatic rings. The third-order valence-corrected chi connectivity index (χ3v) is 6.68. The third-order valence-electron chi connectivity index (χ3n) is 6.68. The van der Waals surface area contributed by atoms with Crippen LogP contribution >= 0.6 is 0 Å². The summed E-state index contributed by atoms with van der Waals surface area (Å²) in [6, 6.07) is 10.9. The van der Waals surface area contributed by atoms with E-state index in [1.54, 1.807) is 4.90 Å². The lowest BCUT2D eigenvalue weighted by molar-refractivity contribution is -0.132. The van der Waals surface area contributed by atoms with E-state index >= 15 is 0 Å². The minimum atomic E-state index is -0.938. The van der Waals surface area contributed by atoms with E-state index in [0.29, 0.717) is 50.7 Å². The predicted octanol–water partition coefficient (Wildman–Crippen LogP) is 3.66. The zero-order valence-electron chi connectivity index (χ0n) is 20.3. The minimum absolute atomic E-state index is 0.0544. The normalized spacial score (nSPS) is 20.1. The second kappa shape index (κ2) is 12.7. The Hall–Kier alpha value is -2.63. The Bertz CT molecular complexity index is 823. The molecule has 0 aromatic heterocycles. The fourth-order valence-corrected chi connectivity index (χ4v) is 4.39.